The van der Waals surface area contributed by atoms with Gasteiger partial charge < -0.3 is 5.32 Å². The first-order valence-electron chi connectivity index (χ1n) is 5.55. The molecule has 0 radical (unpaired) electrons. The maximum atomic E-state index is 4.18. The van der Waals surface area contributed by atoms with Crippen LogP contribution in [0.25, 0.3) is 10.9 Å². The molecule has 1 fully saturated rings. The fraction of sp³-hybridized carbons (Fsp3) is 0.308. The maximum Gasteiger partial charge on any atom is 0.0701 e. The lowest BCUT2D eigenvalue weighted by molar-refractivity contribution is 0.756. The molecule has 1 N–H and O–H groups in total. The van der Waals surface area contributed by atoms with Gasteiger partial charge in [0.1, 0.15) is 0 Å². The van der Waals surface area contributed by atoms with Gasteiger partial charge in [0.2, 0.25) is 0 Å². The Bertz CT molecular complexity index is 350. The topological polar surface area (TPSA) is 24.9 Å². The first-order chi connectivity index (χ1) is 7.97. The second-order valence-corrected chi connectivity index (χ2v) is 4.78. The number of nitrogens with one attached hydrogen (secondary N) is 1. The summed E-state index contributed by atoms with van der Waals surface area (Å²) in [5.74, 6) is 2.61. The van der Waals surface area contributed by atoms with E-state index in [0.717, 1.165) is 5.52 Å². The molecular weight excluding hydrogens is 216 g/mol. The molecule has 1 saturated heterocycles. The van der Waals surface area contributed by atoms with Crippen LogP contribution in [0.1, 0.15) is 0 Å². The predicted molar refractivity (Wildman–Crippen MR) is 71.9 cm³/mol. The smallest absolute Gasteiger partial charge is 0.0701 e. The Labute approximate surface area is 100 Å². The Morgan fingerprint density at radius 1 is 1.00 bits per heavy atom. The van der Waals surface area contributed by atoms with Gasteiger partial charge in [-0.15, -0.1) is 0 Å². The van der Waals surface area contributed by atoms with Crippen molar-refractivity contribution in [2.75, 3.05) is 24.6 Å². The van der Waals surface area contributed by atoms with Crippen LogP contribution in [0.15, 0.2) is 42.6 Å². The Morgan fingerprint density at radius 2 is 1.75 bits per heavy atom. The zero-order chi connectivity index (χ0) is 11.1. The number of rotatable bonds is 0. The van der Waals surface area contributed by atoms with Crippen molar-refractivity contribution in [2.45, 2.75) is 0 Å². The van der Waals surface area contributed by atoms with Crippen molar-refractivity contribution in [3.05, 3.63) is 42.6 Å². The van der Waals surface area contributed by atoms with Gasteiger partial charge in [-0.2, -0.15) is 11.8 Å². The SMILES string of the molecule is C1CSCCN1.c1ccc2ncccc2c1. The lowest BCUT2D eigenvalue weighted by Gasteiger charge is -2.08. The zero-order valence-corrected chi connectivity index (χ0v) is 10.0. The van der Waals surface area contributed by atoms with Crippen molar-refractivity contribution in [2.24, 2.45) is 0 Å². The van der Waals surface area contributed by atoms with Crippen LogP contribution in [0.2, 0.25) is 0 Å². The van der Waals surface area contributed by atoms with E-state index in [1.165, 1.54) is 30.0 Å². The molecule has 1 aliphatic heterocycles. The van der Waals surface area contributed by atoms with Crippen molar-refractivity contribution < 1.29 is 0 Å². The van der Waals surface area contributed by atoms with Gasteiger partial charge in [0.15, 0.2) is 0 Å². The minimum Gasteiger partial charge on any atom is -0.315 e. The standard InChI is InChI=1S/C9H7N.C4H9NS/c1-2-6-9-8(4-1)5-3-7-10-9;1-3-6-4-2-5-1/h1-7H;5H,1-4H2. The van der Waals surface area contributed by atoms with E-state index in [9.17, 15) is 0 Å². The van der Waals surface area contributed by atoms with Gasteiger partial charge in [-0.1, -0.05) is 24.3 Å². The lowest BCUT2D eigenvalue weighted by Crippen LogP contribution is -2.24. The highest BCUT2D eigenvalue weighted by Gasteiger charge is 1.93. The van der Waals surface area contributed by atoms with Crippen molar-refractivity contribution in [1.29, 1.82) is 0 Å². The monoisotopic (exact) mass is 232 g/mol. The predicted octanol–water partition coefficient (Wildman–Crippen LogP) is 2.56. The number of aromatic nitrogens is 1. The highest BCUT2D eigenvalue weighted by molar-refractivity contribution is 7.99. The molecular formula is C13H16N2S. The lowest BCUT2D eigenvalue weighted by atomic mass is 10.2. The van der Waals surface area contributed by atoms with Crippen LogP contribution in [0, 0.1) is 0 Å². The van der Waals surface area contributed by atoms with E-state index in [4.69, 9.17) is 0 Å². The average molecular weight is 232 g/mol. The molecule has 2 heterocycles. The Morgan fingerprint density at radius 3 is 2.38 bits per heavy atom. The van der Waals surface area contributed by atoms with Crippen LogP contribution in [-0.4, -0.2) is 29.6 Å². The summed E-state index contributed by atoms with van der Waals surface area (Å²) in [6.45, 7) is 2.43. The number of nitrogens with zero attached hydrogens (tertiary/aromatic N) is 1. The summed E-state index contributed by atoms with van der Waals surface area (Å²) >= 11 is 2.03. The van der Waals surface area contributed by atoms with Gasteiger partial charge in [-0.3, -0.25) is 4.98 Å². The van der Waals surface area contributed by atoms with Crippen molar-refractivity contribution >= 4 is 22.7 Å². The van der Waals surface area contributed by atoms with E-state index >= 15 is 0 Å². The first-order valence-corrected chi connectivity index (χ1v) is 6.70. The average Bonchev–Trinajstić information content (AvgIpc) is 2.42. The number of pyridine rings is 1. The van der Waals surface area contributed by atoms with Gasteiger partial charge in [0, 0.05) is 36.2 Å². The normalized spacial score (nSPS) is 15.2. The third-order valence-corrected chi connectivity index (χ3v) is 3.34. The summed E-state index contributed by atoms with van der Waals surface area (Å²) in [6.07, 6.45) is 1.81. The molecule has 2 aromatic rings. The van der Waals surface area contributed by atoms with E-state index in [1.807, 2.05) is 42.2 Å². The number of benzene rings is 1. The zero-order valence-electron chi connectivity index (χ0n) is 9.23. The minimum atomic E-state index is 1.06. The van der Waals surface area contributed by atoms with Gasteiger partial charge in [0.25, 0.3) is 0 Å². The molecule has 0 amide bonds. The van der Waals surface area contributed by atoms with Crippen LogP contribution in [-0.2, 0) is 0 Å². The number of thioether (sulfide) groups is 1. The van der Waals surface area contributed by atoms with Gasteiger partial charge in [-0.05, 0) is 12.1 Å². The summed E-state index contributed by atoms with van der Waals surface area (Å²) in [5.41, 5.74) is 1.06. The van der Waals surface area contributed by atoms with E-state index in [2.05, 4.69) is 22.4 Å². The summed E-state index contributed by atoms with van der Waals surface area (Å²) in [4.78, 5) is 4.18. The third-order valence-electron chi connectivity index (χ3n) is 2.36. The quantitative estimate of drug-likeness (QED) is 0.755. The molecule has 0 unspecified atom stereocenters. The molecule has 2 nitrogen and oxygen atoms in total. The number of hydrogen-bond donors (Lipinski definition) is 1. The molecule has 84 valence electrons. The van der Waals surface area contributed by atoms with Crippen molar-refractivity contribution in [3.63, 3.8) is 0 Å². The number of hydrogen-bond acceptors (Lipinski definition) is 3. The highest BCUT2D eigenvalue weighted by Crippen LogP contribution is 2.07. The molecule has 1 aromatic carbocycles. The molecule has 0 saturated carbocycles. The summed E-state index contributed by atoms with van der Waals surface area (Å²) in [5, 5.41) is 4.46. The summed E-state index contributed by atoms with van der Waals surface area (Å²) in [7, 11) is 0. The van der Waals surface area contributed by atoms with E-state index in [-0.39, 0.29) is 0 Å². The summed E-state index contributed by atoms with van der Waals surface area (Å²) < 4.78 is 0. The second kappa shape index (κ2) is 6.51. The molecule has 1 aliphatic rings. The van der Waals surface area contributed by atoms with Crippen LogP contribution in [0.3, 0.4) is 0 Å². The van der Waals surface area contributed by atoms with Crippen molar-refractivity contribution in [1.82, 2.24) is 10.3 Å². The van der Waals surface area contributed by atoms with Gasteiger partial charge in [0.05, 0.1) is 5.52 Å². The first kappa shape index (κ1) is 11.4. The largest absolute Gasteiger partial charge is 0.315 e. The fourth-order valence-corrected chi connectivity index (χ4v) is 2.31. The highest BCUT2D eigenvalue weighted by atomic mass is 32.2. The summed E-state index contributed by atoms with van der Waals surface area (Å²) in [6, 6.07) is 12.1. The Balaban J connectivity index is 0.000000138. The molecule has 0 atom stereocenters. The Kier molecular flexibility index (Phi) is 4.65. The molecule has 0 bridgehead atoms. The molecule has 0 spiro atoms. The van der Waals surface area contributed by atoms with E-state index in [0.29, 0.717) is 0 Å². The third kappa shape index (κ3) is 3.51. The van der Waals surface area contributed by atoms with Crippen molar-refractivity contribution in [3.8, 4) is 0 Å². The van der Waals surface area contributed by atoms with Crippen LogP contribution >= 0.6 is 11.8 Å². The molecule has 16 heavy (non-hydrogen) atoms. The molecule has 0 aliphatic carbocycles. The van der Waals surface area contributed by atoms with Gasteiger partial charge >= 0.3 is 0 Å². The maximum absolute atomic E-state index is 4.18. The number of para-hydroxylation sites is 1. The number of fused-ring (bicyclic) bond motifs is 1. The van der Waals surface area contributed by atoms with E-state index in [1.54, 1.807) is 0 Å². The molecule has 3 rings (SSSR count). The van der Waals surface area contributed by atoms with Crippen LogP contribution < -0.4 is 5.32 Å². The minimum absolute atomic E-state index is 1.06. The molecule has 3 heteroatoms. The second-order valence-electron chi connectivity index (χ2n) is 3.56. The van der Waals surface area contributed by atoms with E-state index < -0.39 is 0 Å². The van der Waals surface area contributed by atoms with Crippen LogP contribution in [0.5, 0.6) is 0 Å². The van der Waals surface area contributed by atoms with Gasteiger partial charge in [-0.25, -0.2) is 0 Å². The van der Waals surface area contributed by atoms with Crippen LogP contribution in [0.4, 0.5) is 0 Å². The fourth-order valence-electron chi connectivity index (χ4n) is 1.53. The molecule has 1 aromatic heterocycles. The Hall–Kier alpha value is -1.06.